The van der Waals surface area contributed by atoms with Crippen LogP contribution in [0.25, 0.3) is 0 Å². The van der Waals surface area contributed by atoms with Gasteiger partial charge in [-0.15, -0.1) is 0 Å². The van der Waals surface area contributed by atoms with Crippen molar-refractivity contribution in [2.75, 3.05) is 11.4 Å². The minimum Gasteiger partial charge on any atom is -0.365 e. The number of aryl methyl sites for hydroxylation is 2. The summed E-state index contributed by atoms with van der Waals surface area (Å²) < 4.78 is 3.17. The second-order valence-corrected chi connectivity index (χ2v) is 5.78. The number of halogens is 1. The number of hydrogen-bond acceptors (Lipinski definition) is 2. The molecule has 1 aromatic carbocycles. The van der Waals surface area contributed by atoms with Gasteiger partial charge in [0.2, 0.25) is 0 Å². The van der Waals surface area contributed by atoms with Crippen molar-refractivity contribution in [2.45, 2.75) is 26.3 Å². The van der Waals surface area contributed by atoms with Crippen molar-refractivity contribution >= 4 is 21.6 Å². The minimum atomic E-state index is 0.918. The monoisotopic (exact) mass is 319 g/mol. The van der Waals surface area contributed by atoms with Crippen molar-refractivity contribution in [3.8, 4) is 0 Å². The van der Waals surface area contributed by atoms with E-state index in [2.05, 4.69) is 57.1 Å². The lowest BCUT2D eigenvalue weighted by atomic mass is 10.2. The normalized spacial score (nSPS) is 13.9. The Kier molecular flexibility index (Phi) is 3.35. The first-order chi connectivity index (χ1) is 9.20. The lowest BCUT2D eigenvalue weighted by molar-refractivity contribution is 0.679. The van der Waals surface area contributed by atoms with Gasteiger partial charge in [0.1, 0.15) is 0 Å². The molecule has 0 unspecified atom stereocenters. The average molecular weight is 320 g/mol. The molecule has 19 heavy (non-hydrogen) atoms. The van der Waals surface area contributed by atoms with E-state index in [1.807, 2.05) is 11.7 Å². The highest BCUT2D eigenvalue weighted by molar-refractivity contribution is 9.10. The lowest BCUT2D eigenvalue weighted by Crippen LogP contribution is -2.21. The van der Waals surface area contributed by atoms with Crippen LogP contribution in [0.4, 0.5) is 5.69 Å². The summed E-state index contributed by atoms with van der Waals surface area (Å²) >= 11 is 3.70. The number of para-hydroxylation sites is 1. The molecule has 4 heteroatoms. The van der Waals surface area contributed by atoms with Gasteiger partial charge in [0.15, 0.2) is 0 Å². The Balaban J connectivity index is 1.89. The highest BCUT2D eigenvalue weighted by Gasteiger charge is 2.21. The maximum absolute atomic E-state index is 4.57. The van der Waals surface area contributed by atoms with Crippen LogP contribution < -0.4 is 4.90 Å². The molecule has 0 bridgehead atoms. The molecular weight excluding hydrogens is 302 g/mol. The highest BCUT2D eigenvalue weighted by Crippen LogP contribution is 2.31. The Morgan fingerprint density at radius 3 is 2.84 bits per heavy atom. The average Bonchev–Trinajstić information content (AvgIpc) is 2.95. The molecule has 0 atom stereocenters. The van der Waals surface area contributed by atoms with E-state index in [4.69, 9.17) is 0 Å². The first-order valence-electron chi connectivity index (χ1n) is 6.73. The molecule has 1 aliphatic heterocycles. The van der Waals surface area contributed by atoms with Crippen LogP contribution in [0.1, 0.15) is 23.9 Å². The fourth-order valence-corrected chi connectivity index (χ4v) is 3.48. The van der Waals surface area contributed by atoms with Crippen molar-refractivity contribution in [1.82, 2.24) is 9.78 Å². The molecule has 0 spiro atoms. The van der Waals surface area contributed by atoms with Crippen LogP contribution in [0.15, 0.2) is 28.7 Å². The fourth-order valence-electron chi connectivity index (χ4n) is 2.74. The van der Waals surface area contributed by atoms with E-state index in [0.717, 1.165) is 31.6 Å². The van der Waals surface area contributed by atoms with Gasteiger partial charge >= 0.3 is 0 Å². The largest absolute Gasteiger partial charge is 0.365 e. The van der Waals surface area contributed by atoms with Crippen LogP contribution in [0.3, 0.4) is 0 Å². The van der Waals surface area contributed by atoms with Gasteiger partial charge in [0, 0.05) is 19.3 Å². The van der Waals surface area contributed by atoms with E-state index < -0.39 is 0 Å². The zero-order chi connectivity index (χ0) is 13.4. The van der Waals surface area contributed by atoms with Gasteiger partial charge in [-0.2, -0.15) is 5.10 Å². The SMILES string of the molecule is CCc1nn(C)c(CN2CCc3ccccc32)c1Br. The summed E-state index contributed by atoms with van der Waals surface area (Å²) in [5, 5.41) is 4.57. The third kappa shape index (κ3) is 2.18. The van der Waals surface area contributed by atoms with Crippen LogP contribution in [0.5, 0.6) is 0 Å². The lowest BCUT2D eigenvalue weighted by Gasteiger charge is -2.19. The number of anilines is 1. The van der Waals surface area contributed by atoms with Crippen molar-refractivity contribution in [3.63, 3.8) is 0 Å². The van der Waals surface area contributed by atoms with Crippen molar-refractivity contribution in [2.24, 2.45) is 7.05 Å². The number of benzene rings is 1. The van der Waals surface area contributed by atoms with Crippen LogP contribution in [-0.2, 0) is 26.4 Å². The topological polar surface area (TPSA) is 21.1 Å². The molecular formula is C15H18BrN3. The third-order valence-electron chi connectivity index (χ3n) is 3.83. The Hall–Kier alpha value is -1.29. The summed E-state index contributed by atoms with van der Waals surface area (Å²) in [5.74, 6) is 0. The van der Waals surface area contributed by atoms with Crippen LogP contribution in [0.2, 0.25) is 0 Å². The molecule has 0 fully saturated rings. The predicted molar refractivity (Wildman–Crippen MR) is 81.5 cm³/mol. The molecule has 3 rings (SSSR count). The van der Waals surface area contributed by atoms with Gasteiger partial charge in [0.25, 0.3) is 0 Å². The molecule has 2 aromatic rings. The smallest absolute Gasteiger partial charge is 0.0767 e. The number of hydrogen-bond donors (Lipinski definition) is 0. The van der Waals surface area contributed by atoms with Crippen LogP contribution in [0, 0.1) is 0 Å². The Labute approximate surface area is 122 Å². The summed E-state index contributed by atoms with van der Waals surface area (Å²) in [6.45, 7) is 4.15. The van der Waals surface area contributed by atoms with Crippen molar-refractivity contribution in [1.29, 1.82) is 0 Å². The molecule has 3 nitrogen and oxygen atoms in total. The molecule has 0 saturated heterocycles. The predicted octanol–water partition coefficient (Wildman–Crippen LogP) is 3.31. The molecule has 0 N–H and O–H groups in total. The number of fused-ring (bicyclic) bond motifs is 1. The maximum Gasteiger partial charge on any atom is 0.0767 e. The second kappa shape index (κ2) is 5.00. The highest BCUT2D eigenvalue weighted by atomic mass is 79.9. The second-order valence-electron chi connectivity index (χ2n) is 4.98. The molecule has 0 amide bonds. The summed E-state index contributed by atoms with van der Waals surface area (Å²) in [7, 11) is 2.03. The zero-order valence-corrected chi connectivity index (χ0v) is 12.9. The van der Waals surface area contributed by atoms with Gasteiger partial charge in [-0.05, 0) is 40.4 Å². The maximum atomic E-state index is 4.57. The standard InChI is InChI=1S/C15H18BrN3/c1-3-12-15(16)14(18(2)17-12)10-19-9-8-11-6-4-5-7-13(11)19/h4-7H,3,8-10H2,1-2H3. The van der Waals surface area contributed by atoms with Crippen molar-refractivity contribution < 1.29 is 0 Å². The first-order valence-corrected chi connectivity index (χ1v) is 7.53. The van der Waals surface area contributed by atoms with Gasteiger partial charge in [0.05, 0.1) is 22.4 Å². The molecule has 1 aliphatic rings. The number of aromatic nitrogens is 2. The fraction of sp³-hybridized carbons (Fsp3) is 0.400. The molecule has 100 valence electrons. The number of rotatable bonds is 3. The van der Waals surface area contributed by atoms with Gasteiger partial charge in [-0.1, -0.05) is 25.1 Å². The van der Waals surface area contributed by atoms with Crippen LogP contribution >= 0.6 is 15.9 Å². The molecule has 0 aliphatic carbocycles. The van der Waals surface area contributed by atoms with E-state index in [9.17, 15) is 0 Å². The minimum absolute atomic E-state index is 0.918. The Bertz CT molecular complexity index is 603. The van der Waals surface area contributed by atoms with E-state index in [1.165, 1.54) is 21.4 Å². The van der Waals surface area contributed by atoms with Gasteiger partial charge in [-0.25, -0.2) is 0 Å². The Morgan fingerprint density at radius 2 is 2.11 bits per heavy atom. The molecule has 1 aromatic heterocycles. The summed E-state index contributed by atoms with van der Waals surface area (Å²) in [4.78, 5) is 2.44. The van der Waals surface area contributed by atoms with E-state index >= 15 is 0 Å². The summed E-state index contributed by atoms with van der Waals surface area (Å²) in [5.41, 5.74) is 5.23. The van der Waals surface area contributed by atoms with Crippen molar-refractivity contribution in [3.05, 3.63) is 45.7 Å². The van der Waals surface area contributed by atoms with E-state index in [0.29, 0.717) is 0 Å². The quantitative estimate of drug-likeness (QED) is 0.865. The zero-order valence-electron chi connectivity index (χ0n) is 11.4. The number of nitrogens with zero attached hydrogens (tertiary/aromatic N) is 3. The van der Waals surface area contributed by atoms with Gasteiger partial charge in [-0.3, -0.25) is 4.68 Å². The molecule has 0 saturated carbocycles. The van der Waals surface area contributed by atoms with Crippen LogP contribution in [-0.4, -0.2) is 16.3 Å². The third-order valence-corrected chi connectivity index (χ3v) is 4.74. The van der Waals surface area contributed by atoms with E-state index in [-0.39, 0.29) is 0 Å². The van der Waals surface area contributed by atoms with E-state index in [1.54, 1.807) is 0 Å². The molecule has 0 radical (unpaired) electrons. The molecule has 2 heterocycles. The summed E-state index contributed by atoms with van der Waals surface area (Å²) in [6.07, 6.45) is 2.11. The Morgan fingerprint density at radius 1 is 1.32 bits per heavy atom. The first kappa shape index (κ1) is 12.7. The van der Waals surface area contributed by atoms with Gasteiger partial charge < -0.3 is 4.90 Å². The summed E-state index contributed by atoms with van der Waals surface area (Å²) in [6, 6.07) is 8.68.